The molecule has 1 aromatic carbocycles. The van der Waals surface area contributed by atoms with Gasteiger partial charge in [0.25, 0.3) is 0 Å². The standard InChI is InChI=1S/C14H23NO3/c1-14(2,11-16)15-8-13(17)10-18-9-12-6-4-3-5-7-12/h3-7,13,15-17H,8-11H2,1-2H3. The molecular formula is C14H23NO3. The second kappa shape index (κ2) is 7.48. The van der Waals surface area contributed by atoms with Gasteiger partial charge in [0.2, 0.25) is 0 Å². The number of rotatable bonds is 8. The van der Waals surface area contributed by atoms with Gasteiger partial charge in [0.15, 0.2) is 0 Å². The summed E-state index contributed by atoms with van der Waals surface area (Å²) in [4.78, 5) is 0. The molecule has 1 unspecified atom stereocenters. The van der Waals surface area contributed by atoms with E-state index in [-0.39, 0.29) is 18.8 Å². The van der Waals surface area contributed by atoms with Gasteiger partial charge >= 0.3 is 0 Å². The highest BCUT2D eigenvalue weighted by Crippen LogP contribution is 2.02. The molecule has 4 heteroatoms. The number of nitrogens with one attached hydrogen (secondary N) is 1. The molecule has 3 N–H and O–H groups in total. The highest BCUT2D eigenvalue weighted by atomic mass is 16.5. The van der Waals surface area contributed by atoms with Crippen molar-refractivity contribution in [1.82, 2.24) is 5.32 Å². The van der Waals surface area contributed by atoms with E-state index in [2.05, 4.69) is 5.32 Å². The normalized spacial score (nSPS) is 13.6. The minimum atomic E-state index is -0.570. The van der Waals surface area contributed by atoms with Crippen LogP contribution >= 0.6 is 0 Å². The van der Waals surface area contributed by atoms with Crippen LogP contribution in [0.5, 0.6) is 0 Å². The molecule has 0 aliphatic heterocycles. The van der Waals surface area contributed by atoms with Crippen molar-refractivity contribution in [1.29, 1.82) is 0 Å². The number of hydrogen-bond donors (Lipinski definition) is 3. The van der Waals surface area contributed by atoms with Gasteiger partial charge in [-0.05, 0) is 19.4 Å². The first-order valence-corrected chi connectivity index (χ1v) is 6.19. The van der Waals surface area contributed by atoms with E-state index in [9.17, 15) is 5.11 Å². The fourth-order valence-corrected chi connectivity index (χ4v) is 1.40. The molecule has 1 aromatic rings. The van der Waals surface area contributed by atoms with Gasteiger partial charge in [-0.1, -0.05) is 30.3 Å². The molecule has 0 heterocycles. The van der Waals surface area contributed by atoms with Gasteiger partial charge in [0.05, 0.1) is 25.9 Å². The Morgan fingerprint density at radius 3 is 2.56 bits per heavy atom. The Bertz CT molecular complexity index is 327. The summed E-state index contributed by atoms with van der Waals surface area (Å²) in [5.41, 5.74) is 0.716. The molecule has 0 aliphatic carbocycles. The molecule has 0 spiro atoms. The van der Waals surface area contributed by atoms with Crippen molar-refractivity contribution in [3.05, 3.63) is 35.9 Å². The lowest BCUT2D eigenvalue weighted by atomic mass is 10.1. The zero-order valence-electron chi connectivity index (χ0n) is 11.1. The van der Waals surface area contributed by atoms with Crippen molar-refractivity contribution in [2.24, 2.45) is 0 Å². The summed E-state index contributed by atoms with van der Waals surface area (Å²) in [6, 6.07) is 9.85. The van der Waals surface area contributed by atoms with Crippen molar-refractivity contribution in [3.8, 4) is 0 Å². The molecule has 18 heavy (non-hydrogen) atoms. The third-order valence-corrected chi connectivity index (χ3v) is 2.63. The van der Waals surface area contributed by atoms with Crippen molar-refractivity contribution in [3.63, 3.8) is 0 Å². The lowest BCUT2D eigenvalue weighted by Crippen LogP contribution is -2.46. The van der Waals surface area contributed by atoms with E-state index in [4.69, 9.17) is 9.84 Å². The van der Waals surface area contributed by atoms with E-state index in [0.717, 1.165) is 5.56 Å². The summed E-state index contributed by atoms with van der Waals surface area (Å²) in [5, 5.41) is 21.9. The van der Waals surface area contributed by atoms with Gasteiger partial charge in [-0.15, -0.1) is 0 Å². The van der Waals surface area contributed by atoms with E-state index < -0.39 is 6.10 Å². The molecule has 1 atom stereocenters. The molecule has 102 valence electrons. The second-order valence-corrected chi connectivity index (χ2v) is 5.08. The summed E-state index contributed by atoms with van der Waals surface area (Å²) < 4.78 is 5.43. The van der Waals surface area contributed by atoms with Crippen LogP contribution in [0.15, 0.2) is 30.3 Å². The molecule has 0 radical (unpaired) electrons. The Hall–Kier alpha value is -0.940. The Kier molecular flexibility index (Phi) is 6.29. The first-order chi connectivity index (χ1) is 8.53. The van der Waals surface area contributed by atoms with Crippen LogP contribution in [0.2, 0.25) is 0 Å². The first-order valence-electron chi connectivity index (χ1n) is 6.19. The second-order valence-electron chi connectivity index (χ2n) is 5.08. The van der Waals surface area contributed by atoms with Crippen LogP contribution in [0.3, 0.4) is 0 Å². The van der Waals surface area contributed by atoms with Crippen molar-refractivity contribution < 1.29 is 14.9 Å². The number of aliphatic hydroxyl groups is 2. The third-order valence-electron chi connectivity index (χ3n) is 2.63. The quantitative estimate of drug-likeness (QED) is 0.645. The molecule has 0 saturated heterocycles. The summed E-state index contributed by atoms with van der Waals surface area (Å²) >= 11 is 0. The molecule has 0 aliphatic rings. The number of benzene rings is 1. The van der Waals surface area contributed by atoms with Crippen LogP contribution in [0.25, 0.3) is 0 Å². The summed E-state index contributed by atoms with van der Waals surface area (Å²) in [6.07, 6.45) is -0.570. The van der Waals surface area contributed by atoms with E-state index in [0.29, 0.717) is 13.2 Å². The van der Waals surface area contributed by atoms with Crippen LogP contribution in [0.4, 0.5) is 0 Å². The highest BCUT2D eigenvalue weighted by molar-refractivity contribution is 5.13. The number of ether oxygens (including phenoxy) is 1. The van der Waals surface area contributed by atoms with Crippen molar-refractivity contribution in [2.75, 3.05) is 19.8 Å². The molecule has 0 bridgehead atoms. The summed E-state index contributed by atoms with van der Waals surface area (Å²) in [6.45, 7) is 4.98. The van der Waals surface area contributed by atoms with E-state index in [1.165, 1.54) is 0 Å². The molecule has 0 amide bonds. The largest absolute Gasteiger partial charge is 0.394 e. The monoisotopic (exact) mass is 253 g/mol. The van der Waals surface area contributed by atoms with E-state index in [1.54, 1.807) is 0 Å². The molecule has 0 saturated carbocycles. The van der Waals surface area contributed by atoms with Gasteiger partial charge in [0, 0.05) is 12.1 Å². The van der Waals surface area contributed by atoms with Crippen LogP contribution in [-0.2, 0) is 11.3 Å². The lowest BCUT2D eigenvalue weighted by molar-refractivity contribution is 0.0236. The zero-order chi connectivity index (χ0) is 13.4. The Morgan fingerprint density at radius 2 is 1.94 bits per heavy atom. The third kappa shape index (κ3) is 6.12. The predicted octanol–water partition coefficient (Wildman–Crippen LogP) is 0.925. The Balaban J connectivity index is 2.16. The average Bonchev–Trinajstić information content (AvgIpc) is 2.38. The number of aliphatic hydroxyl groups excluding tert-OH is 2. The molecule has 0 fully saturated rings. The van der Waals surface area contributed by atoms with Crippen LogP contribution in [0, 0.1) is 0 Å². The topological polar surface area (TPSA) is 61.7 Å². The molecule has 1 rings (SSSR count). The maximum atomic E-state index is 9.72. The molecule has 0 aromatic heterocycles. The van der Waals surface area contributed by atoms with Gasteiger partial charge in [0.1, 0.15) is 0 Å². The van der Waals surface area contributed by atoms with Gasteiger partial charge in [-0.25, -0.2) is 0 Å². The van der Waals surface area contributed by atoms with Crippen molar-refractivity contribution >= 4 is 0 Å². The zero-order valence-corrected chi connectivity index (χ0v) is 11.1. The first kappa shape index (κ1) is 15.1. The van der Waals surface area contributed by atoms with Gasteiger partial charge < -0.3 is 20.3 Å². The van der Waals surface area contributed by atoms with Gasteiger partial charge in [-0.2, -0.15) is 0 Å². The van der Waals surface area contributed by atoms with E-state index in [1.807, 2.05) is 44.2 Å². The maximum Gasteiger partial charge on any atom is 0.0898 e. The number of β-amino-alcohol motifs (C(OH)–C–C–N with tert-alkyl or cyclic N) is 1. The summed E-state index contributed by atoms with van der Waals surface area (Å²) in [5.74, 6) is 0. The van der Waals surface area contributed by atoms with Gasteiger partial charge in [-0.3, -0.25) is 0 Å². The molecular weight excluding hydrogens is 230 g/mol. The Labute approximate surface area is 109 Å². The predicted molar refractivity (Wildman–Crippen MR) is 71.3 cm³/mol. The fourth-order valence-electron chi connectivity index (χ4n) is 1.40. The average molecular weight is 253 g/mol. The lowest BCUT2D eigenvalue weighted by Gasteiger charge is -2.25. The fraction of sp³-hybridized carbons (Fsp3) is 0.571. The van der Waals surface area contributed by atoms with Crippen LogP contribution in [0.1, 0.15) is 19.4 Å². The number of hydrogen-bond acceptors (Lipinski definition) is 4. The summed E-state index contributed by atoms with van der Waals surface area (Å²) in [7, 11) is 0. The Morgan fingerprint density at radius 1 is 1.28 bits per heavy atom. The highest BCUT2D eigenvalue weighted by Gasteiger charge is 2.16. The van der Waals surface area contributed by atoms with Crippen LogP contribution < -0.4 is 5.32 Å². The molecule has 4 nitrogen and oxygen atoms in total. The van der Waals surface area contributed by atoms with Crippen LogP contribution in [-0.4, -0.2) is 41.6 Å². The maximum absolute atomic E-state index is 9.72. The smallest absolute Gasteiger partial charge is 0.0898 e. The minimum absolute atomic E-state index is 0.0323. The van der Waals surface area contributed by atoms with Crippen molar-refractivity contribution in [2.45, 2.75) is 32.1 Å². The van der Waals surface area contributed by atoms with E-state index >= 15 is 0 Å². The minimum Gasteiger partial charge on any atom is -0.394 e. The SMILES string of the molecule is CC(C)(CO)NCC(O)COCc1ccccc1.